The van der Waals surface area contributed by atoms with Gasteiger partial charge in [0.1, 0.15) is 0 Å². The van der Waals surface area contributed by atoms with Gasteiger partial charge in [0.15, 0.2) is 0 Å². The van der Waals surface area contributed by atoms with Crippen LogP contribution >= 0.6 is 0 Å². The van der Waals surface area contributed by atoms with Gasteiger partial charge >= 0.3 is 6.18 Å². The molecule has 8 heteroatoms. The molecule has 0 spiro atoms. The Balaban J connectivity index is 1.30. The second-order valence-electron chi connectivity index (χ2n) is 9.09. The van der Waals surface area contributed by atoms with E-state index >= 15 is 0 Å². The van der Waals surface area contributed by atoms with Crippen molar-refractivity contribution >= 4 is 5.91 Å². The minimum atomic E-state index is -4.31. The van der Waals surface area contributed by atoms with Gasteiger partial charge in [-0.1, -0.05) is 23.4 Å². The summed E-state index contributed by atoms with van der Waals surface area (Å²) in [5, 5.41) is 4.09. The first-order chi connectivity index (χ1) is 15.3. The number of amides is 1. The van der Waals surface area contributed by atoms with Crippen molar-refractivity contribution in [1.82, 2.24) is 15.0 Å². The van der Waals surface area contributed by atoms with Crippen molar-refractivity contribution in [3.05, 3.63) is 52.4 Å². The van der Waals surface area contributed by atoms with Crippen molar-refractivity contribution in [3.63, 3.8) is 0 Å². The number of nitrogens with zero attached hydrogens (tertiary/aromatic N) is 3. The molecule has 2 aromatic rings. The highest BCUT2D eigenvalue weighted by molar-refractivity contribution is 5.93. The number of carbonyl (C=O) groups is 1. The molecule has 1 aromatic carbocycles. The highest BCUT2D eigenvalue weighted by Crippen LogP contribution is 2.30. The van der Waals surface area contributed by atoms with Crippen LogP contribution in [0.2, 0.25) is 0 Å². The van der Waals surface area contributed by atoms with E-state index in [2.05, 4.69) is 10.1 Å². The van der Waals surface area contributed by atoms with Crippen LogP contribution in [0.1, 0.15) is 58.6 Å². The van der Waals surface area contributed by atoms with Gasteiger partial charge in [-0.25, -0.2) is 0 Å². The third-order valence-electron chi connectivity index (χ3n) is 6.61. The van der Waals surface area contributed by atoms with Crippen LogP contribution in [0, 0.1) is 5.92 Å². The predicted molar refractivity (Wildman–Crippen MR) is 114 cm³/mol. The Morgan fingerprint density at radius 1 is 1.25 bits per heavy atom. The van der Waals surface area contributed by atoms with Crippen LogP contribution in [-0.2, 0) is 25.4 Å². The Bertz CT molecular complexity index is 941. The van der Waals surface area contributed by atoms with E-state index in [1.54, 1.807) is 11.0 Å². The number of benzene rings is 1. The number of carbonyl (C=O) groups excluding carboxylic acids is 1. The summed E-state index contributed by atoms with van der Waals surface area (Å²) in [5.74, 6) is 0.610. The SMILES string of the molecule is CN(C[C@H]1CCCN(CCc2cccc(C(F)(F)F)c2)C1)C(=O)c1onc2c1CCCC2. The zero-order valence-corrected chi connectivity index (χ0v) is 18.5. The van der Waals surface area contributed by atoms with Crippen LogP contribution in [0.3, 0.4) is 0 Å². The molecule has 2 heterocycles. The van der Waals surface area contributed by atoms with Crippen molar-refractivity contribution in [1.29, 1.82) is 0 Å². The van der Waals surface area contributed by atoms with Crippen LogP contribution in [0.25, 0.3) is 0 Å². The molecule has 0 N–H and O–H groups in total. The van der Waals surface area contributed by atoms with Gasteiger partial charge in [0.05, 0.1) is 11.3 Å². The maximum absolute atomic E-state index is 12.9. The molecule has 0 unspecified atom stereocenters. The van der Waals surface area contributed by atoms with Crippen molar-refractivity contribution in [3.8, 4) is 0 Å². The Kier molecular flexibility index (Phi) is 6.88. The highest BCUT2D eigenvalue weighted by Gasteiger charge is 2.31. The van der Waals surface area contributed by atoms with Gasteiger partial charge in [-0.2, -0.15) is 13.2 Å². The molecule has 1 saturated heterocycles. The van der Waals surface area contributed by atoms with Gasteiger partial charge in [-0.3, -0.25) is 4.79 Å². The van der Waals surface area contributed by atoms with Crippen LogP contribution in [0.5, 0.6) is 0 Å². The molecule has 1 aliphatic carbocycles. The molecule has 0 radical (unpaired) electrons. The topological polar surface area (TPSA) is 49.6 Å². The van der Waals surface area contributed by atoms with E-state index < -0.39 is 11.7 Å². The van der Waals surface area contributed by atoms with E-state index in [-0.39, 0.29) is 5.91 Å². The number of halogens is 3. The first kappa shape index (κ1) is 22.8. The Morgan fingerprint density at radius 3 is 2.88 bits per heavy atom. The van der Waals surface area contributed by atoms with Gasteiger partial charge < -0.3 is 14.3 Å². The van der Waals surface area contributed by atoms with E-state index in [0.29, 0.717) is 36.8 Å². The monoisotopic (exact) mass is 449 g/mol. The second kappa shape index (κ2) is 9.65. The number of piperidine rings is 1. The maximum Gasteiger partial charge on any atom is 0.416 e. The third kappa shape index (κ3) is 5.34. The second-order valence-corrected chi connectivity index (χ2v) is 9.09. The van der Waals surface area contributed by atoms with Gasteiger partial charge in [0.2, 0.25) is 5.76 Å². The minimum absolute atomic E-state index is 0.110. The lowest BCUT2D eigenvalue weighted by atomic mass is 9.95. The van der Waals surface area contributed by atoms with E-state index in [4.69, 9.17) is 4.52 Å². The summed E-state index contributed by atoms with van der Waals surface area (Å²) in [6.45, 7) is 3.12. The van der Waals surface area contributed by atoms with Gasteiger partial charge in [-0.05, 0) is 69.0 Å². The Hall–Kier alpha value is -2.35. The van der Waals surface area contributed by atoms with E-state index in [9.17, 15) is 18.0 Å². The van der Waals surface area contributed by atoms with Crippen molar-refractivity contribution in [2.24, 2.45) is 5.92 Å². The maximum atomic E-state index is 12.9. The summed E-state index contributed by atoms with van der Waals surface area (Å²) in [6, 6.07) is 5.58. The number of aromatic nitrogens is 1. The van der Waals surface area contributed by atoms with E-state index in [0.717, 1.165) is 68.9 Å². The number of alkyl halides is 3. The molecule has 1 aromatic heterocycles. The lowest BCUT2D eigenvalue weighted by molar-refractivity contribution is -0.137. The Morgan fingerprint density at radius 2 is 2.06 bits per heavy atom. The average molecular weight is 450 g/mol. The van der Waals surface area contributed by atoms with E-state index in [1.165, 1.54) is 12.1 Å². The first-order valence-corrected chi connectivity index (χ1v) is 11.4. The summed E-state index contributed by atoms with van der Waals surface area (Å²) in [5.41, 5.74) is 2.00. The van der Waals surface area contributed by atoms with Crippen molar-refractivity contribution in [2.45, 2.75) is 51.1 Å². The molecule has 174 valence electrons. The molecule has 1 aliphatic heterocycles. The highest BCUT2D eigenvalue weighted by atomic mass is 19.4. The Labute approximate surface area is 186 Å². The van der Waals surface area contributed by atoms with Gasteiger partial charge in [0, 0.05) is 32.2 Å². The predicted octanol–water partition coefficient (Wildman–Crippen LogP) is 4.60. The molecule has 0 bridgehead atoms. The number of rotatable bonds is 6. The van der Waals surface area contributed by atoms with Crippen LogP contribution in [0.4, 0.5) is 13.2 Å². The minimum Gasteiger partial charge on any atom is -0.350 e. The fourth-order valence-corrected chi connectivity index (χ4v) is 4.90. The molecule has 2 aliphatic rings. The molecule has 32 heavy (non-hydrogen) atoms. The fraction of sp³-hybridized carbons (Fsp3) is 0.583. The molecule has 1 amide bonds. The molecule has 5 nitrogen and oxygen atoms in total. The first-order valence-electron chi connectivity index (χ1n) is 11.4. The van der Waals surface area contributed by atoms with E-state index in [1.807, 2.05) is 7.05 Å². The smallest absolute Gasteiger partial charge is 0.350 e. The lowest BCUT2D eigenvalue weighted by Gasteiger charge is -2.34. The number of aryl methyl sites for hydroxylation is 1. The molecule has 4 rings (SSSR count). The standard InChI is InChI=1S/C24H30F3N3O2/c1-29(23(31)22-20-9-2-3-10-21(20)28-32-22)15-18-7-5-12-30(16-18)13-11-17-6-4-8-19(14-17)24(25,26)27/h4,6,8,14,18H,2-3,5,7,9-13,15-16H2,1H3/t18-/m1/s1. The summed E-state index contributed by atoms with van der Waals surface area (Å²) >= 11 is 0. The number of hydrogen-bond acceptors (Lipinski definition) is 4. The largest absolute Gasteiger partial charge is 0.416 e. The lowest BCUT2D eigenvalue weighted by Crippen LogP contribution is -2.42. The summed E-state index contributed by atoms with van der Waals surface area (Å²) in [6.07, 6.45) is 2.18. The number of hydrogen-bond donors (Lipinski definition) is 0. The molecular weight excluding hydrogens is 419 g/mol. The third-order valence-corrected chi connectivity index (χ3v) is 6.61. The van der Waals surface area contributed by atoms with Crippen LogP contribution in [-0.4, -0.2) is 54.1 Å². The average Bonchev–Trinajstić information content (AvgIpc) is 3.21. The van der Waals surface area contributed by atoms with Gasteiger partial charge in [0.25, 0.3) is 5.91 Å². The quantitative estimate of drug-likeness (QED) is 0.647. The molecule has 1 atom stereocenters. The molecular formula is C24H30F3N3O2. The summed E-state index contributed by atoms with van der Waals surface area (Å²) in [7, 11) is 1.81. The van der Waals surface area contributed by atoms with Gasteiger partial charge in [-0.15, -0.1) is 0 Å². The zero-order valence-electron chi connectivity index (χ0n) is 18.5. The van der Waals surface area contributed by atoms with Crippen molar-refractivity contribution in [2.75, 3.05) is 33.2 Å². The molecule has 1 fully saturated rings. The normalized spacial score (nSPS) is 19.6. The fourth-order valence-electron chi connectivity index (χ4n) is 4.90. The molecule has 0 saturated carbocycles. The van der Waals surface area contributed by atoms with Crippen LogP contribution < -0.4 is 0 Å². The van der Waals surface area contributed by atoms with Crippen molar-refractivity contribution < 1.29 is 22.5 Å². The summed E-state index contributed by atoms with van der Waals surface area (Å²) < 4.78 is 44.2. The number of fused-ring (bicyclic) bond motifs is 1. The zero-order chi connectivity index (χ0) is 22.7. The van der Waals surface area contributed by atoms with Crippen LogP contribution in [0.15, 0.2) is 28.8 Å². The number of likely N-dealkylation sites (tertiary alicyclic amines) is 1. The summed E-state index contributed by atoms with van der Waals surface area (Å²) in [4.78, 5) is 17.0.